The fraction of sp³-hybridized carbons (Fsp3) is 0.632. The zero-order chi connectivity index (χ0) is 21.9. The van der Waals surface area contributed by atoms with Gasteiger partial charge < -0.3 is 29.7 Å². The maximum atomic E-state index is 11.8. The highest BCUT2D eigenvalue weighted by molar-refractivity contribution is 8.76. The van der Waals surface area contributed by atoms with Crippen LogP contribution in [0.5, 0.6) is 0 Å². The Kier molecular flexibility index (Phi) is 10.7. The van der Waals surface area contributed by atoms with Crippen molar-refractivity contribution in [3.63, 3.8) is 0 Å². The average Bonchev–Trinajstić information content (AvgIpc) is 2.73. The number of ether oxygens (including phenoxy) is 3. The quantitative estimate of drug-likeness (QED) is 0.270. The van der Waals surface area contributed by atoms with Gasteiger partial charge in [-0.2, -0.15) is 0 Å². The van der Waals surface area contributed by atoms with Crippen LogP contribution in [0.15, 0.2) is 29.4 Å². The van der Waals surface area contributed by atoms with Crippen molar-refractivity contribution < 1.29 is 34.0 Å². The number of aromatic nitrogens is 1. The lowest BCUT2D eigenvalue weighted by atomic mass is 9.93. The molecule has 0 aliphatic carbocycles. The van der Waals surface area contributed by atoms with Gasteiger partial charge >= 0.3 is 6.16 Å². The Labute approximate surface area is 183 Å². The molecule has 1 saturated heterocycles. The summed E-state index contributed by atoms with van der Waals surface area (Å²) in [6, 6.07) is 4.88. The first kappa shape index (κ1) is 24.7. The summed E-state index contributed by atoms with van der Waals surface area (Å²) in [7, 11) is 2.97. The Balaban J connectivity index is 1.66. The predicted octanol–water partition coefficient (Wildman–Crippen LogP) is 1.77. The van der Waals surface area contributed by atoms with Gasteiger partial charge in [-0.15, -0.1) is 0 Å². The van der Waals surface area contributed by atoms with Crippen molar-refractivity contribution in [1.82, 2.24) is 10.3 Å². The summed E-state index contributed by atoms with van der Waals surface area (Å²) in [6.45, 7) is 3.43. The first-order valence-electron chi connectivity index (χ1n) is 9.73. The van der Waals surface area contributed by atoms with Gasteiger partial charge in [0.2, 0.25) is 5.91 Å². The molecule has 0 aromatic carbocycles. The van der Waals surface area contributed by atoms with E-state index in [0.717, 1.165) is 5.03 Å². The third-order valence-electron chi connectivity index (χ3n) is 4.33. The number of hydrogen-bond acceptors (Lipinski definition) is 10. The standard InChI is InChI=1S/C19H28N2O7S2/c1-3-6-14(22)21-16-12(2)28-13(17(23)18(16)24)11-27-19(25)26-9-10-29-30-15-7-4-5-8-20-15/h4-5,7-8,12-13,16-18,23-24H,3,6,9-11H2,1-2H3,(H,21,22)/t12?,13-,16+,17-,18-/m1/s1. The van der Waals surface area contributed by atoms with Crippen LogP contribution in [0.25, 0.3) is 0 Å². The molecule has 9 nitrogen and oxygen atoms in total. The van der Waals surface area contributed by atoms with E-state index in [2.05, 4.69) is 10.3 Å². The van der Waals surface area contributed by atoms with E-state index in [9.17, 15) is 19.8 Å². The maximum Gasteiger partial charge on any atom is 0.508 e. The summed E-state index contributed by atoms with van der Waals surface area (Å²) in [5.74, 6) is 0.329. The number of nitrogens with zero attached hydrogens (tertiary/aromatic N) is 1. The molecule has 1 amide bonds. The number of rotatable bonds is 10. The van der Waals surface area contributed by atoms with Crippen molar-refractivity contribution in [1.29, 1.82) is 0 Å². The van der Waals surface area contributed by atoms with E-state index in [1.807, 2.05) is 25.1 Å². The molecule has 1 unspecified atom stereocenters. The van der Waals surface area contributed by atoms with Crippen molar-refractivity contribution in [2.24, 2.45) is 0 Å². The molecule has 2 rings (SSSR count). The number of amides is 1. The Bertz CT molecular complexity index is 668. The van der Waals surface area contributed by atoms with Crippen LogP contribution in [0.3, 0.4) is 0 Å². The number of aliphatic hydroxyl groups excluding tert-OH is 2. The van der Waals surface area contributed by atoms with Crippen LogP contribution >= 0.6 is 21.6 Å². The minimum Gasteiger partial charge on any atom is -0.433 e. The van der Waals surface area contributed by atoms with Crippen molar-refractivity contribution in [2.45, 2.75) is 62.2 Å². The highest BCUT2D eigenvalue weighted by Crippen LogP contribution is 2.28. The highest BCUT2D eigenvalue weighted by atomic mass is 33.1. The van der Waals surface area contributed by atoms with Gasteiger partial charge in [-0.05, 0) is 36.3 Å². The van der Waals surface area contributed by atoms with E-state index < -0.39 is 36.6 Å². The molecular weight excluding hydrogens is 432 g/mol. The van der Waals surface area contributed by atoms with Crippen LogP contribution in [0.4, 0.5) is 4.79 Å². The summed E-state index contributed by atoms with van der Waals surface area (Å²) >= 11 is 0. The zero-order valence-corrected chi connectivity index (χ0v) is 18.6. The summed E-state index contributed by atoms with van der Waals surface area (Å²) in [5.41, 5.74) is 0. The molecule has 0 bridgehead atoms. The van der Waals surface area contributed by atoms with Crippen LogP contribution in [-0.2, 0) is 19.0 Å². The molecule has 1 aromatic heterocycles. The van der Waals surface area contributed by atoms with Gasteiger partial charge in [-0.3, -0.25) is 4.79 Å². The number of carbonyl (C=O) groups excluding carboxylic acids is 2. The molecule has 2 heterocycles. The second kappa shape index (κ2) is 13.0. The number of nitrogens with one attached hydrogen (secondary N) is 1. The summed E-state index contributed by atoms with van der Waals surface area (Å²) < 4.78 is 15.6. The lowest BCUT2D eigenvalue weighted by Crippen LogP contribution is -2.63. The SMILES string of the molecule is CCCC(=O)N[C@H]1C(C)O[C@H](COC(=O)OCCSSc2ccccn2)[C@@H](O)[C@@H]1O. The molecule has 1 fully saturated rings. The van der Waals surface area contributed by atoms with Crippen molar-refractivity contribution >= 4 is 33.7 Å². The maximum absolute atomic E-state index is 11.8. The highest BCUT2D eigenvalue weighted by Gasteiger charge is 2.43. The summed E-state index contributed by atoms with van der Waals surface area (Å²) in [4.78, 5) is 27.7. The van der Waals surface area contributed by atoms with Crippen LogP contribution in [-0.4, -0.2) is 76.7 Å². The molecule has 0 radical (unpaired) electrons. The lowest BCUT2D eigenvalue weighted by molar-refractivity contribution is -0.192. The van der Waals surface area contributed by atoms with Crippen molar-refractivity contribution in [2.75, 3.05) is 19.0 Å². The normalized spacial score (nSPS) is 26.1. The van der Waals surface area contributed by atoms with Crippen molar-refractivity contribution in [3.8, 4) is 0 Å². The third-order valence-corrected chi connectivity index (χ3v) is 6.56. The van der Waals surface area contributed by atoms with Gasteiger partial charge in [0, 0.05) is 18.4 Å². The number of hydrogen-bond donors (Lipinski definition) is 3. The Morgan fingerprint density at radius 2 is 2.07 bits per heavy atom. The minimum atomic E-state index is -1.31. The van der Waals surface area contributed by atoms with E-state index >= 15 is 0 Å². The smallest absolute Gasteiger partial charge is 0.433 e. The third kappa shape index (κ3) is 7.95. The van der Waals surface area contributed by atoms with Gasteiger partial charge in [0.15, 0.2) is 0 Å². The first-order valence-corrected chi connectivity index (χ1v) is 12.0. The number of carbonyl (C=O) groups is 2. The van der Waals surface area contributed by atoms with Crippen molar-refractivity contribution in [3.05, 3.63) is 24.4 Å². The predicted molar refractivity (Wildman–Crippen MR) is 113 cm³/mol. The minimum absolute atomic E-state index is 0.155. The first-order chi connectivity index (χ1) is 14.4. The molecule has 1 aliphatic heterocycles. The van der Waals surface area contributed by atoms with Crippen LogP contribution < -0.4 is 5.32 Å². The number of pyridine rings is 1. The fourth-order valence-corrected chi connectivity index (χ4v) is 4.53. The van der Waals surface area contributed by atoms with Crippen LogP contribution in [0.2, 0.25) is 0 Å². The summed E-state index contributed by atoms with van der Waals surface area (Å²) in [5, 5.41) is 24.1. The largest absolute Gasteiger partial charge is 0.508 e. The van der Waals surface area contributed by atoms with Gasteiger partial charge in [0.25, 0.3) is 0 Å². The number of aliphatic hydroxyl groups is 2. The van der Waals surface area contributed by atoms with Gasteiger partial charge in [-0.25, -0.2) is 9.78 Å². The molecule has 0 saturated carbocycles. The van der Waals surface area contributed by atoms with Crippen LogP contribution in [0.1, 0.15) is 26.7 Å². The average molecular weight is 461 g/mol. The molecule has 168 valence electrons. The molecule has 11 heteroatoms. The van der Waals surface area contributed by atoms with E-state index in [4.69, 9.17) is 14.2 Å². The zero-order valence-electron chi connectivity index (χ0n) is 16.9. The lowest BCUT2D eigenvalue weighted by Gasteiger charge is -2.41. The van der Waals surface area contributed by atoms with Gasteiger partial charge in [-0.1, -0.05) is 23.8 Å². The van der Waals surface area contributed by atoms with E-state index in [1.165, 1.54) is 21.6 Å². The molecule has 5 atom stereocenters. The second-order valence-electron chi connectivity index (χ2n) is 6.69. The molecule has 1 aromatic rings. The molecular formula is C19H28N2O7S2. The van der Waals surface area contributed by atoms with Gasteiger partial charge in [0.05, 0.1) is 12.1 Å². The Hall–Kier alpha value is -1.53. The monoisotopic (exact) mass is 460 g/mol. The van der Waals surface area contributed by atoms with E-state index in [1.54, 1.807) is 13.1 Å². The topological polar surface area (TPSA) is 127 Å². The van der Waals surface area contributed by atoms with Crippen LogP contribution in [0, 0.1) is 0 Å². The Morgan fingerprint density at radius 1 is 1.27 bits per heavy atom. The molecule has 1 aliphatic rings. The van der Waals surface area contributed by atoms with E-state index in [0.29, 0.717) is 18.6 Å². The van der Waals surface area contributed by atoms with Gasteiger partial charge in [0.1, 0.15) is 36.6 Å². The molecule has 3 N–H and O–H groups in total. The second-order valence-corrected chi connectivity index (χ2v) is 9.12. The summed E-state index contributed by atoms with van der Waals surface area (Å²) in [6.07, 6.45) is -2.21. The molecule has 30 heavy (non-hydrogen) atoms. The molecule has 0 spiro atoms. The Morgan fingerprint density at radius 3 is 2.77 bits per heavy atom. The fourth-order valence-electron chi connectivity index (χ4n) is 2.83. The van der Waals surface area contributed by atoms with E-state index in [-0.39, 0.29) is 19.1 Å².